The van der Waals surface area contributed by atoms with Gasteiger partial charge in [-0.15, -0.1) is 0 Å². The van der Waals surface area contributed by atoms with E-state index in [1.807, 2.05) is 19.1 Å². The molecule has 2 N–H and O–H groups in total. The minimum absolute atomic E-state index is 0.451. The number of nitrogen functional groups attached to an aromatic ring is 1. The van der Waals surface area contributed by atoms with Crippen LogP contribution in [0.2, 0.25) is 0 Å². The van der Waals surface area contributed by atoms with Gasteiger partial charge < -0.3 is 5.73 Å². The number of hydrogen-bond acceptors (Lipinski definition) is 2. The molecule has 2 heteroatoms. The summed E-state index contributed by atoms with van der Waals surface area (Å²) in [4.78, 5) is 4.55. The van der Waals surface area contributed by atoms with Crippen LogP contribution < -0.4 is 5.73 Å². The highest BCUT2D eigenvalue weighted by Crippen LogP contribution is 2.37. The highest BCUT2D eigenvalue weighted by atomic mass is 14.8. The van der Waals surface area contributed by atoms with Gasteiger partial charge in [0.25, 0.3) is 0 Å². The molecule has 2 nitrogen and oxygen atoms in total. The van der Waals surface area contributed by atoms with E-state index in [1.54, 1.807) is 0 Å². The number of anilines is 1. The first kappa shape index (κ1) is 11.2. The van der Waals surface area contributed by atoms with Crippen LogP contribution in [-0.2, 0) is 0 Å². The van der Waals surface area contributed by atoms with Crippen LogP contribution >= 0.6 is 0 Å². The zero-order valence-electron chi connectivity index (χ0n) is 10.4. The van der Waals surface area contributed by atoms with Crippen molar-refractivity contribution in [1.29, 1.82) is 0 Å². The van der Waals surface area contributed by atoms with Crippen LogP contribution in [0.15, 0.2) is 18.2 Å². The topological polar surface area (TPSA) is 38.9 Å². The second-order valence-electron chi connectivity index (χ2n) is 5.47. The Bertz CT molecular complexity index is 430. The minimum Gasteiger partial charge on any atom is -0.397 e. The van der Waals surface area contributed by atoms with E-state index in [-0.39, 0.29) is 0 Å². The van der Waals surface area contributed by atoms with E-state index >= 15 is 0 Å². The molecule has 0 atom stereocenters. The van der Waals surface area contributed by atoms with Crippen molar-refractivity contribution >= 4 is 11.3 Å². The van der Waals surface area contributed by atoms with Crippen LogP contribution in [0.4, 0.5) is 5.69 Å². The average Bonchev–Trinajstić information content (AvgIpc) is 2.22. The predicted octanol–water partition coefficient (Wildman–Crippen LogP) is 3.57. The van der Waals surface area contributed by atoms with Crippen molar-refractivity contribution in [2.75, 3.05) is 5.73 Å². The van der Waals surface area contributed by atoms with Gasteiger partial charge >= 0.3 is 0 Å². The zero-order valence-corrected chi connectivity index (χ0v) is 10.4. The maximum Gasteiger partial charge on any atom is 0.0663 e. The normalized spacial score (nSPS) is 19.3. The zero-order chi connectivity index (χ0) is 11.8. The fraction of sp³-hybridized carbons (Fsp3) is 0.500. The van der Waals surface area contributed by atoms with Crippen molar-refractivity contribution in [1.82, 2.24) is 4.98 Å². The van der Waals surface area contributed by atoms with Gasteiger partial charge in [0.1, 0.15) is 0 Å². The summed E-state index contributed by atoms with van der Waals surface area (Å²) >= 11 is 0. The number of nitrogens with zero attached hydrogens (tertiary/aromatic N) is 1. The smallest absolute Gasteiger partial charge is 0.0663 e. The van der Waals surface area contributed by atoms with E-state index in [0.717, 1.165) is 29.9 Å². The molecule has 0 saturated carbocycles. The lowest BCUT2D eigenvalue weighted by Gasteiger charge is -2.28. The highest BCUT2D eigenvalue weighted by molar-refractivity contribution is 5.65. The third-order valence-electron chi connectivity index (χ3n) is 3.43. The Balaban J connectivity index is 2.26. The van der Waals surface area contributed by atoms with Crippen molar-refractivity contribution in [3.05, 3.63) is 29.6 Å². The van der Waals surface area contributed by atoms with Gasteiger partial charge in [0.05, 0.1) is 17.1 Å². The summed E-state index contributed by atoms with van der Waals surface area (Å²) in [6.07, 6.45) is 5.85. The van der Waals surface area contributed by atoms with Gasteiger partial charge in [-0.3, -0.25) is 4.98 Å². The van der Waals surface area contributed by atoms with Gasteiger partial charge in [-0.25, -0.2) is 0 Å². The molecule has 1 aliphatic carbocycles. The van der Waals surface area contributed by atoms with E-state index in [2.05, 4.69) is 24.9 Å². The summed E-state index contributed by atoms with van der Waals surface area (Å²) < 4.78 is 0. The van der Waals surface area contributed by atoms with Crippen LogP contribution in [0.5, 0.6) is 0 Å². The van der Waals surface area contributed by atoms with Crippen molar-refractivity contribution < 1.29 is 0 Å². The van der Waals surface area contributed by atoms with Crippen LogP contribution in [0.3, 0.4) is 0 Å². The van der Waals surface area contributed by atoms with Crippen molar-refractivity contribution in [2.24, 2.45) is 5.41 Å². The number of aryl methyl sites for hydroxylation is 1. The molecule has 0 radical (unpaired) electrons. The number of allylic oxidation sites excluding steroid dienone is 2. The Hall–Kier alpha value is -1.31. The van der Waals surface area contributed by atoms with Crippen LogP contribution in [0.1, 0.15) is 44.5 Å². The number of aromatic nitrogens is 1. The van der Waals surface area contributed by atoms with Crippen molar-refractivity contribution in [3.8, 4) is 0 Å². The summed E-state index contributed by atoms with van der Waals surface area (Å²) in [6, 6.07) is 3.99. The largest absolute Gasteiger partial charge is 0.397 e. The molecule has 0 spiro atoms. The summed E-state index contributed by atoms with van der Waals surface area (Å²) in [5.74, 6) is 0. The summed E-state index contributed by atoms with van der Waals surface area (Å²) in [7, 11) is 0. The summed E-state index contributed by atoms with van der Waals surface area (Å²) in [6.45, 7) is 6.61. The molecule has 0 aliphatic heterocycles. The fourth-order valence-electron chi connectivity index (χ4n) is 2.06. The average molecular weight is 216 g/mol. The second kappa shape index (κ2) is 3.93. The standard InChI is InChI=1S/C14H20N2/c1-10-12(15)4-5-13(16-10)11-6-8-14(2,3)9-7-11/h4-6H,7-9,15H2,1-3H3. The summed E-state index contributed by atoms with van der Waals surface area (Å²) in [5.41, 5.74) is 10.4. The van der Waals surface area contributed by atoms with Gasteiger partial charge in [-0.2, -0.15) is 0 Å². The molecule has 0 aromatic carbocycles. The molecule has 0 bridgehead atoms. The van der Waals surface area contributed by atoms with E-state index in [0.29, 0.717) is 5.41 Å². The van der Waals surface area contributed by atoms with E-state index < -0.39 is 0 Å². The molecule has 1 aromatic rings. The maximum absolute atomic E-state index is 5.78. The van der Waals surface area contributed by atoms with Gasteiger partial charge in [0.2, 0.25) is 0 Å². The monoisotopic (exact) mass is 216 g/mol. The van der Waals surface area contributed by atoms with Crippen LogP contribution in [0, 0.1) is 12.3 Å². The van der Waals surface area contributed by atoms with Crippen LogP contribution in [0.25, 0.3) is 5.57 Å². The molecule has 1 heterocycles. The maximum atomic E-state index is 5.78. The van der Waals surface area contributed by atoms with Gasteiger partial charge in [-0.1, -0.05) is 19.9 Å². The number of pyridine rings is 1. The van der Waals surface area contributed by atoms with Crippen molar-refractivity contribution in [3.63, 3.8) is 0 Å². The van der Waals surface area contributed by atoms with Crippen LogP contribution in [-0.4, -0.2) is 4.98 Å². The molecular weight excluding hydrogens is 196 g/mol. The molecule has 0 saturated heterocycles. The lowest BCUT2D eigenvalue weighted by atomic mass is 9.78. The highest BCUT2D eigenvalue weighted by Gasteiger charge is 2.22. The van der Waals surface area contributed by atoms with Gasteiger partial charge in [-0.05, 0) is 49.3 Å². The van der Waals surface area contributed by atoms with Crippen molar-refractivity contribution in [2.45, 2.75) is 40.0 Å². The Morgan fingerprint density at radius 1 is 1.31 bits per heavy atom. The molecule has 0 unspecified atom stereocenters. The summed E-state index contributed by atoms with van der Waals surface area (Å²) in [5, 5.41) is 0. The molecular formula is C14H20N2. The Morgan fingerprint density at radius 3 is 2.62 bits per heavy atom. The van der Waals surface area contributed by atoms with Gasteiger partial charge in [0.15, 0.2) is 0 Å². The molecule has 0 amide bonds. The number of nitrogens with two attached hydrogens (primary N) is 1. The molecule has 86 valence electrons. The lowest BCUT2D eigenvalue weighted by Crippen LogP contribution is -2.14. The predicted molar refractivity (Wildman–Crippen MR) is 69.0 cm³/mol. The quantitative estimate of drug-likeness (QED) is 0.779. The van der Waals surface area contributed by atoms with E-state index in [9.17, 15) is 0 Å². The molecule has 2 rings (SSSR count). The number of rotatable bonds is 1. The third-order valence-corrected chi connectivity index (χ3v) is 3.43. The Kier molecular flexibility index (Phi) is 2.75. The number of hydrogen-bond donors (Lipinski definition) is 1. The first-order valence-corrected chi connectivity index (χ1v) is 5.90. The van der Waals surface area contributed by atoms with E-state index in [4.69, 9.17) is 5.73 Å². The molecule has 1 aliphatic rings. The lowest BCUT2D eigenvalue weighted by molar-refractivity contribution is 0.334. The third kappa shape index (κ3) is 2.26. The Morgan fingerprint density at radius 2 is 2.06 bits per heavy atom. The van der Waals surface area contributed by atoms with E-state index in [1.165, 1.54) is 12.0 Å². The molecule has 1 aromatic heterocycles. The minimum atomic E-state index is 0.451. The SMILES string of the molecule is Cc1nc(C2=CCC(C)(C)CC2)ccc1N. The first-order valence-electron chi connectivity index (χ1n) is 5.90. The fourth-order valence-corrected chi connectivity index (χ4v) is 2.06. The molecule has 16 heavy (non-hydrogen) atoms. The molecule has 0 fully saturated rings. The Labute approximate surface area is 97.6 Å². The first-order chi connectivity index (χ1) is 7.48. The second-order valence-corrected chi connectivity index (χ2v) is 5.47. The van der Waals surface area contributed by atoms with Gasteiger partial charge in [0, 0.05) is 0 Å².